The summed E-state index contributed by atoms with van der Waals surface area (Å²) in [7, 11) is 0. The third-order valence-corrected chi connectivity index (χ3v) is 19.4. The van der Waals surface area contributed by atoms with Crippen LogP contribution in [0.25, 0.3) is 119 Å². The lowest BCUT2D eigenvalue weighted by Crippen LogP contribution is -2.10. The molecule has 0 spiro atoms. The maximum absolute atomic E-state index is 2.41. The molecule has 0 bridgehead atoms. The van der Waals surface area contributed by atoms with E-state index in [1.807, 2.05) is 11.3 Å². The lowest BCUT2D eigenvalue weighted by molar-refractivity contribution is 1.18. The van der Waals surface area contributed by atoms with Crippen LogP contribution >= 0.6 is 11.3 Å². The van der Waals surface area contributed by atoms with Crippen molar-refractivity contribution in [3.63, 3.8) is 0 Å². The van der Waals surface area contributed by atoms with Crippen molar-refractivity contribution >= 4 is 120 Å². The summed E-state index contributed by atoms with van der Waals surface area (Å²) in [5.74, 6) is 0. The quantitative estimate of drug-likeness (QED) is 0.128. The van der Waals surface area contributed by atoms with E-state index in [1.54, 1.807) is 0 Å². The van der Waals surface area contributed by atoms with Crippen molar-refractivity contribution in [2.24, 2.45) is 0 Å². The Morgan fingerprint density at radius 1 is 0.237 bits per heavy atom. The lowest BCUT2D eigenvalue weighted by atomic mass is 10.0. The molecule has 3 aromatic heterocycles. The highest BCUT2D eigenvalue weighted by molar-refractivity contribution is 7.26. The van der Waals surface area contributed by atoms with Gasteiger partial charge in [0.1, 0.15) is 0 Å². The summed E-state index contributed by atoms with van der Waals surface area (Å²) >= 11 is 1.88. The minimum absolute atomic E-state index is 1.11. The molecule has 0 saturated carbocycles. The Bertz CT molecular complexity index is 5720. The lowest BCUT2D eigenvalue weighted by Gasteiger charge is -2.26. The highest BCUT2D eigenvalue weighted by atomic mass is 32.1. The van der Waals surface area contributed by atoms with Crippen LogP contribution in [0.15, 0.2) is 364 Å². The Morgan fingerprint density at radius 2 is 0.699 bits per heavy atom. The summed E-state index contributed by atoms with van der Waals surface area (Å²) in [6.45, 7) is 0. The summed E-state index contributed by atoms with van der Waals surface area (Å²) < 4.78 is 7.46. The van der Waals surface area contributed by atoms with E-state index in [9.17, 15) is 0 Å². The summed E-state index contributed by atoms with van der Waals surface area (Å²) in [5.41, 5.74) is 21.1. The van der Waals surface area contributed by atoms with Gasteiger partial charge in [-0.25, -0.2) is 0 Å². The number of hydrogen-bond acceptors (Lipinski definition) is 3. The maximum Gasteiger partial charge on any atom is 0.0562 e. The first-order valence-electron chi connectivity index (χ1n) is 31.7. The van der Waals surface area contributed by atoms with Gasteiger partial charge in [0.25, 0.3) is 0 Å². The number of para-hydroxylation sites is 5. The SMILES string of the molecule is c1ccc(-c2ccc3c4ccc(N(c5ccccc5)c5ccc(-c6ccc7ccccc7c6)cc5)cc4n(-c4ccccc4)c3c2)cc1.c1ccc(N(c2ccc(-c3cccc4c3sc3ccccc34)cc2)c2cccc3c2c2ccccc2n3-c2ccccc2)cc1. The van der Waals surface area contributed by atoms with Gasteiger partial charge in [0.15, 0.2) is 0 Å². The first-order chi connectivity index (χ1) is 46.1. The molecule has 0 amide bonds. The van der Waals surface area contributed by atoms with E-state index in [-0.39, 0.29) is 0 Å². The average molecular weight is 1210 g/mol. The number of thiophene rings is 1. The molecule has 0 N–H and O–H groups in total. The van der Waals surface area contributed by atoms with Gasteiger partial charge in [0.05, 0.1) is 27.8 Å². The summed E-state index contributed by atoms with van der Waals surface area (Å²) in [6, 6.07) is 131. The molecule has 5 heteroatoms. The van der Waals surface area contributed by atoms with Crippen molar-refractivity contribution in [1.29, 1.82) is 0 Å². The summed E-state index contributed by atoms with van der Waals surface area (Å²) in [6.07, 6.45) is 0. The highest BCUT2D eigenvalue weighted by Crippen LogP contribution is 2.47. The van der Waals surface area contributed by atoms with E-state index < -0.39 is 0 Å². The maximum atomic E-state index is 2.41. The first-order valence-corrected chi connectivity index (χ1v) is 32.5. The Labute approximate surface area is 544 Å². The van der Waals surface area contributed by atoms with Crippen molar-refractivity contribution in [1.82, 2.24) is 9.13 Å². The van der Waals surface area contributed by atoms with Gasteiger partial charge in [-0.2, -0.15) is 0 Å². The normalized spacial score (nSPS) is 11.4. The van der Waals surface area contributed by atoms with Gasteiger partial charge in [-0.05, 0) is 165 Å². The molecule has 0 atom stereocenters. The third kappa shape index (κ3) is 10.1. The number of benzene rings is 15. The van der Waals surface area contributed by atoms with Crippen molar-refractivity contribution in [2.75, 3.05) is 9.80 Å². The second-order valence-corrected chi connectivity index (χ2v) is 24.7. The fourth-order valence-electron chi connectivity index (χ4n) is 13.8. The number of fused-ring (bicyclic) bond motifs is 10. The van der Waals surface area contributed by atoms with Crippen LogP contribution in [0.5, 0.6) is 0 Å². The Kier molecular flexibility index (Phi) is 14.1. The van der Waals surface area contributed by atoms with Gasteiger partial charge >= 0.3 is 0 Å². The molecule has 0 radical (unpaired) electrons. The standard InChI is InChI=1S/C46H32N2.C42H28N2S/c1-4-12-33(13-5-1)38-24-28-43-44-29-27-42(32-46(44)48(45(43)31-38)40-18-8-3-9-19-40)47(39-16-6-2-7-17-39)41-25-22-35(23-26-41)37-21-20-34-14-10-11-15-36(34)30-37;1-3-13-30(14-4-1)43(32-27-25-29(26-28-32)33-19-11-20-35-34-17-8-10-24-40(34)45-42(33)35)38-22-12-23-39-41(38)36-18-7-9-21-37(36)44(39)31-15-5-2-6-16-31/h1-32H;1-28H. The van der Waals surface area contributed by atoms with Crippen LogP contribution in [-0.2, 0) is 0 Å². The van der Waals surface area contributed by atoms with Gasteiger partial charge in [0, 0.05) is 81.5 Å². The van der Waals surface area contributed by atoms with Gasteiger partial charge in [-0.15, -0.1) is 11.3 Å². The predicted molar refractivity (Wildman–Crippen MR) is 398 cm³/mol. The molecular formula is C88H60N4S. The number of nitrogens with zero attached hydrogens (tertiary/aromatic N) is 4. The van der Waals surface area contributed by atoms with Crippen LogP contribution in [0.3, 0.4) is 0 Å². The van der Waals surface area contributed by atoms with Crippen LogP contribution in [-0.4, -0.2) is 9.13 Å². The van der Waals surface area contributed by atoms with Crippen molar-refractivity contribution in [3.8, 4) is 44.8 Å². The van der Waals surface area contributed by atoms with Gasteiger partial charge in [-0.1, -0.05) is 243 Å². The van der Waals surface area contributed by atoms with Crippen LogP contribution in [0.2, 0.25) is 0 Å². The minimum atomic E-state index is 1.11. The molecule has 18 rings (SSSR count). The third-order valence-electron chi connectivity index (χ3n) is 18.1. The number of hydrogen-bond donors (Lipinski definition) is 0. The smallest absolute Gasteiger partial charge is 0.0562 e. The summed E-state index contributed by atoms with van der Waals surface area (Å²) in [5, 5.41) is 10.1. The Morgan fingerprint density at radius 3 is 1.41 bits per heavy atom. The second-order valence-electron chi connectivity index (χ2n) is 23.6. The molecule has 0 unspecified atom stereocenters. The zero-order valence-electron chi connectivity index (χ0n) is 50.8. The first kappa shape index (κ1) is 55.1. The largest absolute Gasteiger partial charge is 0.310 e. The molecule has 4 nitrogen and oxygen atoms in total. The van der Waals surface area contributed by atoms with Crippen molar-refractivity contribution < 1.29 is 0 Å². The second kappa shape index (κ2) is 23.7. The number of anilines is 6. The predicted octanol–water partition coefficient (Wildman–Crippen LogP) is 25.0. The topological polar surface area (TPSA) is 16.3 Å². The molecule has 0 saturated heterocycles. The molecule has 93 heavy (non-hydrogen) atoms. The fraction of sp³-hybridized carbons (Fsp3) is 0. The van der Waals surface area contributed by atoms with E-state index in [0.717, 1.165) is 45.5 Å². The molecule has 18 aromatic rings. The van der Waals surface area contributed by atoms with Gasteiger partial charge in [-0.3, -0.25) is 0 Å². The van der Waals surface area contributed by atoms with Gasteiger partial charge < -0.3 is 18.9 Å². The molecule has 0 aliphatic carbocycles. The molecule has 438 valence electrons. The molecule has 0 aliphatic rings. The molecule has 3 heterocycles. The van der Waals surface area contributed by atoms with E-state index >= 15 is 0 Å². The van der Waals surface area contributed by atoms with Crippen LogP contribution in [0.1, 0.15) is 0 Å². The number of rotatable bonds is 11. The average Bonchev–Trinajstić information content (AvgIpc) is 1.71. The number of aromatic nitrogens is 2. The Balaban J connectivity index is 0.000000142. The van der Waals surface area contributed by atoms with Crippen LogP contribution in [0, 0.1) is 0 Å². The molecule has 0 aliphatic heterocycles. The molecule has 0 fully saturated rings. The zero-order valence-corrected chi connectivity index (χ0v) is 51.7. The van der Waals surface area contributed by atoms with Crippen LogP contribution in [0.4, 0.5) is 34.1 Å². The van der Waals surface area contributed by atoms with Crippen molar-refractivity contribution in [2.45, 2.75) is 0 Å². The van der Waals surface area contributed by atoms with E-state index in [1.165, 1.54) is 108 Å². The zero-order chi connectivity index (χ0) is 61.6. The summed E-state index contributed by atoms with van der Waals surface area (Å²) in [4.78, 5) is 4.75. The fourth-order valence-corrected chi connectivity index (χ4v) is 15.1. The molecule has 15 aromatic carbocycles. The van der Waals surface area contributed by atoms with E-state index in [0.29, 0.717) is 0 Å². The van der Waals surface area contributed by atoms with E-state index in [4.69, 9.17) is 0 Å². The van der Waals surface area contributed by atoms with E-state index in [2.05, 4.69) is 383 Å². The highest BCUT2D eigenvalue weighted by Gasteiger charge is 2.23. The Hall–Kier alpha value is -12.0. The molecular weight excluding hydrogens is 1150 g/mol. The minimum Gasteiger partial charge on any atom is -0.310 e. The van der Waals surface area contributed by atoms with Crippen molar-refractivity contribution in [3.05, 3.63) is 364 Å². The van der Waals surface area contributed by atoms with Crippen LogP contribution < -0.4 is 9.80 Å². The monoisotopic (exact) mass is 1200 g/mol. The van der Waals surface area contributed by atoms with Gasteiger partial charge in [0.2, 0.25) is 0 Å².